The molecule has 2 aromatic carbocycles. The minimum atomic E-state index is -0.654. The van der Waals surface area contributed by atoms with E-state index < -0.39 is 6.04 Å². The number of benzene rings is 2. The van der Waals surface area contributed by atoms with Crippen molar-refractivity contribution >= 4 is 46.8 Å². The molecule has 0 radical (unpaired) electrons. The van der Waals surface area contributed by atoms with Crippen molar-refractivity contribution in [3.05, 3.63) is 69.5 Å². The standard InChI is InChI=1S/C23H27Cl2FN2O2S/c1-3-4-12-27-23(30)16(2)28(13-17-8-10-18(26)11-9-17)22(29)15-31-14-19-20(24)6-5-7-21(19)25/h5-11,16H,3-4,12-15H2,1-2H3,(H,27,30). The molecule has 0 saturated carbocycles. The number of hydrogen-bond acceptors (Lipinski definition) is 3. The van der Waals surface area contributed by atoms with Crippen LogP contribution >= 0.6 is 35.0 Å². The Labute approximate surface area is 197 Å². The van der Waals surface area contributed by atoms with Gasteiger partial charge in [-0.2, -0.15) is 0 Å². The van der Waals surface area contributed by atoms with E-state index in [9.17, 15) is 14.0 Å². The quantitative estimate of drug-likeness (QED) is 0.416. The normalized spacial score (nSPS) is 11.8. The number of thioether (sulfide) groups is 1. The summed E-state index contributed by atoms with van der Waals surface area (Å²) >= 11 is 13.8. The van der Waals surface area contributed by atoms with Gasteiger partial charge in [-0.1, -0.05) is 54.7 Å². The third-order valence-electron chi connectivity index (χ3n) is 4.80. The van der Waals surface area contributed by atoms with Gasteiger partial charge >= 0.3 is 0 Å². The van der Waals surface area contributed by atoms with E-state index in [1.165, 1.54) is 28.8 Å². The van der Waals surface area contributed by atoms with Gasteiger partial charge in [-0.25, -0.2) is 4.39 Å². The second-order valence-corrected chi connectivity index (χ2v) is 8.96. The van der Waals surface area contributed by atoms with Crippen LogP contribution in [0.15, 0.2) is 42.5 Å². The molecular weight excluding hydrogens is 458 g/mol. The highest BCUT2D eigenvalue weighted by Crippen LogP contribution is 2.28. The van der Waals surface area contributed by atoms with Gasteiger partial charge in [0.15, 0.2) is 0 Å². The Morgan fingerprint density at radius 1 is 1.13 bits per heavy atom. The van der Waals surface area contributed by atoms with Crippen LogP contribution in [0.1, 0.15) is 37.8 Å². The van der Waals surface area contributed by atoms with Gasteiger partial charge < -0.3 is 10.2 Å². The summed E-state index contributed by atoms with van der Waals surface area (Å²) < 4.78 is 13.3. The lowest BCUT2D eigenvalue weighted by Crippen LogP contribution is -2.48. The molecule has 0 bridgehead atoms. The van der Waals surface area contributed by atoms with Gasteiger partial charge in [-0.15, -0.1) is 11.8 Å². The van der Waals surface area contributed by atoms with Crippen molar-refractivity contribution < 1.29 is 14.0 Å². The lowest BCUT2D eigenvalue weighted by Gasteiger charge is -2.29. The molecule has 4 nitrogen and oxygen atoms in total. The highest BCUT2D eigenvalue weighted by atomic mass is 35.5. The van der Waals surface area contributed by atoms with Crippen LogP contribution in [-0.4, -0.2) is 35.1 Å². The molecule has 0 spiro atoms. The van der Waals surface area contributed by atoms with Crippen molar-refractivity contribution in [1.29, 1.82) is 0 Å². The van der Waals surface area contributed by atoms with Crippen LogP contribution in [0, 0.1) is 5.82 Å². The second-order valence-electron chi connectivity index (χ2n) is 7.16. The number of rotatable bonds is 11. The molecule has 0 aromatic heterocycles. The minimum absolute atomic E-state index is 0.162. The largest absolute Gasteiger partial charge is 0.354 e. The highest BCUT2D eigenvalue weighted by molar-refractivity contribution is 7.99. The first-order valence-electron chi connectivity index (χ1n) is 10.2. The van der Waals surface area contributed by atoms with Crippen LogP contribution in [-0.2, 0) is 21.9 Å². The third kappa shape index (κ3) is 8.02. The van der Waals surface area contributed by atoms with Crippen molar-refractivity contribution in [2.45, 2.75) is 45.0 Å². The monoisotopic (exact) mass is 484 g/mol. The highest BCUT2D eigenvalue weighted by Gasteiger charge is 2.26. The summed E-state index contributed by atoms with van der Waals surface area (Å²) in [6.45, 7) is 4.54. The first-order valence-corrected chi connectivity index (χ1v) is 12.1. The topological polar surface area (TPSA) is 49.4 Å². The molecule has 2 aromatic rings. The first kappa shape index (κ1) is 25.5. The Morgan fingerprint density at radius 2 is 1.77 bits per heavy atom. The second kappa shape index (κ2) is 12.9. The van der Waals surface area contributed by atoms with Crippen molar-refractivity contribution in [3.8, 4) is 0 Å². The summed E-state index contributed by atoms with van der Waals surface area (Å²) in [4.78, 5) is 27.1. The SMILES string of the molecule is CCCCNC(=O)C(C)N(Cc1ccc(F)cc1)C(=O)CSCc1c(Cl)cccc1Cl. The molecule has 1 N–H and O–H groups in total. The Hall–Kier alpha value is -1.76. The van der Waals surface area contributed by atoms with Crippen LogP contribution in [0.2, 0.25) is 10.0 Å². The lowest BCUT2D eigenvalue weighted by molar-refractivity contribution is -0.138. The lowest BCUT2D eigenvalue weighted by atomic mass is 10.1. The summed E-state index contributed by atoms with van der Waals surface area (Å²) in [7, 11) is 0. The molecule has 8 heteroatoms. The molecule has 1 atom stereocenters. The zero-order valence-electron chi connectivity index (χ0n) is 17.7. The number of nitrogens with zero attached hydrogens (tertiary/aromatic N) is 1. The average Bonchev–Trinajstić information content (AvgIpc) is 2.75. The molecule has 1 unspecified atom stereocenters. The van der Waals surface area contributed by atoms with Crippen molar-refractivity contribution in [2.75, 3.05) is 12.3 Å². The fraction of sp³-hybridized carbons (Fsp3) is 0.391. The molecule has 168 valence electrons. The molecule has 0 heterocycles. The zero-order chi connectivity index (χ0) is 22.8. The van der Waals surface area contributed by atoms with Gasteiger partial charge in [-0.3, -0.25) is 9.59 Å². The van der Waals surface area contributed by atoms with Crippen LogP contribution in [0.25, 0.3) is 0 Å². The van der Waals surface area contributed by atoms with Crippen LogP contribution < -0.4 is 5.32 Å². The predicted octanol–water partition coefficient (Wildman–Crippen LogP) is 5.70. The Morgan fingerprint density at radius 3 is 2.39 bits per heavy atom. The molecule has 2 rings (SSSR count). The number of halogens is 3. The zero-order valence-corrected chi connectivity index (χ0v) is 20.0. The van der Waals surface area contributed by atoms with E-state index in [0.717, 1.165) is 24.0 Å². The summed E-state index contributed by atoms with van der Waals surface area (Å²) in [6.07, 6.45) is 1.84. The van der Waals surface area contributed by atoms with E-state index in [0.29, 0.717) is 22.3 Å². The fourth-order valence-electron chi connectivity index (χ4n) is 2.90. The van der Waals surface area contributed by atoms with E-state index in [2.05, 4.69) is 5.32 Å². The summed E-state index contributed by atoms with van der Waals surface area (Å²) in [6, 6.07) is 10.6. The molecule has 0 aliphatic heterocycles. The summed E-state index contributed by atoms with van der Waals surface area (Å²) in [5.74, 6) is -0.0982. The maximum absolute atomic E-state index is 13.3. The molecular formula is C23H27Cl2FN2O2S. The third-order valence-corrected chi connectivity index (χ3v) is 6.45. The number of nitrogens with one attached hydrogen (secondary N) is 1. The number of hydrogen-bond donors (Lipinski definition) is 1. The summed E-state index contributed by atoms with van der Waals surface area (Å²) in [5.41, 5.74) is 1.53. The van der Waals surface area contributed by atoms with E-state index in [-0.39, 0.29) is 29.9 Å². The van der Waals surface area contributed by atoms with Gasteiger partial charge in [0.25, 0.3) is 0 Å². The molecule has 0 aliphatic rings. The maximum atomic E-state index is 13.3. The Bertz CT molecular complexity index is 860. The van der Waals surface area contributed by atoms with E-state index in [1.54, 1.807) is 37.3 Å². The van der Waals surface area contributed by atoms with Crippen LogP contribution in [0.4, 0.5) is 4.39 Å². The van der Waals surface area contributed by atoms with E-state index in [1.807, 2.05) is 6.92 Å². The van der Waals surface area contributed by atoms with E-state index in [4.69, 9.17) is 23.2 Å². The molecule has 0 fully saturated rings. The molecule has 31 heavy (non-hydrogen) atoms. The van der Waals surface area contributed by atoms with E-state index >= 15 is 0 Å². The van der Waals surface area contributed by atoms with Crippen molar-refractivity contribution in [3.63, 3.8) is 0 Å². The molecule has 0 saturated heterocycles. The molecule has 2 amide bonds. The Kier molecular flexibility index (Phi) is 10.6. The number of carbonyl (C=O) groups is 2. The summed E-state index contributed by atoms with van der Waals surface area (Å²) in [5, 5.41) is 3.99. The van der Waals surface area contributed by atoms with Gasteiger partial charge in [0.1, 0.15) is 11.9 Å². The Balaban J connectivity index is 2.07. The van der Waals surface area contributed by atoms with Gasteiger partial charge in [0.05, 0.1) is 5.75 Å². The van der Waals surface area contributed by atoms with Gasteiger partial charge in [-0.05, 0) is 48.7 Å². The first-order chi connectivity index (χ1) is 14.8. The van der Waals surface area contributed by atoms with Crippen molar-refractivity contribution in [1.82, 2.24) is 10.2 Å². The number of unbranched alkanes of at least 4 members (excludes halogenated alkanes) is 1. The maximum Gasteiger partial charge on any atom is 0.242 e. The van der Waals surface area contributed by atoms with Gasteiger partial charge in [0, 0.05) is 28.9 Å². The smallest absolute Gasteiger partial charge is 0.242 e. The van der Waals surface area contributed by atoms with Crippen LogP contribution in [0.5, 0.6) is 0 Å². The van der Waals surface area contributed by atoms with Crippen LogP contribution in [0.3, 0.4) is 0 Å². The minimum Gasteiger partial charge on any atom is -0.354 e. The van der Waals surface area contributed by atoms with Gasteiger partial charge in [0.2, 0.25) is 11.8 Å². The van der Waals surface area contributed by atoms with Crippen molar-refractivity contribution in [2.24, 2.45) is 0 Å². The number of carbonyl (C=O) groups excluding carboxylic acids is 2. The predicted molar refractivity (Wildman–Crippen MR) is 127 cm³/mol. The average molecular weight is 485 g/mol. The molecule has 0 aliphatic carbocycles. The fourth-order valence-corrected chi connectivity index (χ4v) is 4.55. The number of amides is 2.